The number of benzene rings is 2. The van der Waals surface area contributed by atoms with Crippen LogP contribution in [0.25, 0.3) is 0 Å². The zero-order valence-corrected chi connectivity index (χ0v) is 13.7. The normalized spacial score (nSPS) is 12.0. The Bertz CT molecular complexity index is 608. The Morgan fingerprint density at radius 1 is 1.14 bits per heavy atom. The summed E-state index contributed by atoms with van der Waals surface area (Å²) in [7, 11) is 0. The van der Waals surface area contributed by atoms with Crippen LogP contribution in [0.1, 0.15) is 21.9 Å². The van der Waals surface area contributed by atoms with Gasteiger partial charge in [-0.05, 0) is 42.7 Å². The highest BCUT2D eigenvalue weighted by Crippen LogP contribution is 2.30. The van der Waals surface area contributed by atoms with Gasteiger partial charge in [-0.15, -0.1) is 11.8 Å². The molecule has 2 N–H and O–H groups in total. The first-order chi connectivity index (χ1) is 10.6. The summed E-state index contributed by atoms with van der Waals surface area (Å²) in [6, 6.07) is 15.7. The monoisotopic (exact) mass is 315 g/mol. The van der Waals surface area contributed by atoms with Crippen LogP contribution in [0, 0.1) is 13.8 Å². The largest absolute Gasteiger partial charge is 0.396 e. The van der Waals surface area contributed by atoms with E-state index in [1.54, 1.807) is 0 Å². The lowest BCUT2D eigenvalue weighted by molar-refractivity contribution is -0.115. The van der Waals surface area contributed by atoms with Gasteiger partial charge in [-0.1, -0.05) is 36.4 Å². The van der Waals surface area contributed by atoms with Crippen LogP contribution in [0.3, 0.4) is 0 Å². The third-order valence-corrected chi connectivity index (χ3v) is 4.44. The number of nitrogens with one attached hydrogen (secondary N) is 1. The minimum absolute atomic E-state index is 0.0604. The number of anilines is 1. The molecular formula is C18H21NO2S. The molecule has 2 aromatic rings. The van der Waals surface area contributed by atoms with Crippen LogP contribution in [0.4, 0.5) is 5.69 Å². The zero-order chi connectivity index (χ0) is 15.9. The maximum Gasteiger partial charge on any atom is 0.241 e. The van der Waals surface area contributed by atoms with Crippen LogP contribution in [0.15, 0.2) is 48.5 Å². The summed E-state index contributed by atoms with van der Waals surface area (Å²) >= 11 is 1.45. The van der Waals surface area contributed by atoms with Crippen molar-refractivity contribution in [3.8, 4) is 0 Å². The molecule has 116 valence electrons. The van der Waals surface area contributed by atoms with Crippen molar-refractivity contribution in [2.45, 2.75) is 19.1 Å². The molecule has 1 amide bonds. The van der Waals surface area contributed by atoms with Crippen molar-refractivity contribution >= 4 is 23.4 Å². The lowest BCUT2D eigenvalue weighted by Gasteiger charge is -2.17. The average Bonchev–Trinajstić information content (AvgIpc) is 2.47. The number of hydrogen-bond donors (Lipinski definition) is 2. The fourth-order valence-electron chi connectivity index (χ4n) is 2.38. The standard InChI is InChI=1S/C18H21NO2S/c1-13-10-14(2)12-16(11-13)19-18(21)17(22-9-8-20)15-6-4-3-5-7-15/h3-7,10-12,17,20H,8-9H2,1-2H3,(H,19,21). The van der Waals surface area contributed by atoms with Crippen molar-refractivity contribution in [2.75, 3.05) is 17.7 Å². The van der Waals surface area contributed by atoms with Gasteiger partial charge in [-0.3, -0.25) is 4.79 Å². The van der Waals surface area contributed by atoms with E-state index in [1.807, 2.05) is 56.3 Å². The first kappa shape index (κ1) is 16.6. The summed E-state index contributed by atoms with van der Waals surface area (Å²) in [5.74, 6) is 0.467. The molecule has 2 aromatic carbocycles. The summed E-state index contributed by atoms with van der Waals surface area (Å²) in [4.78, 5) is 12.6. The molecule has 22 heavy (non-hydrogen) atoms. The van der Waals surface area contributed by atoms with Crippen molar-refractivity contribution in [2.24, 2.45) is 0 Å². The Morgan fingerprint density at radius 2 is 1.77 bits per heavy atom. The first-order valence-corrected chi connectivity index (χ1v) is 8.31. The van der Waals surface area contributed by atoms with Gasteiger partial charge < -0.3 is 10.4 Å². The van der Waals surface area contributed by atoms with Crippen molar-refractivity contribution in [3.05, 3.63) is 65.2 Å². The molecule has 4 heteroatoms. The number of amides is 1. The molecule has 0 aliphatic rings. The number of aliphatic hydroxyl groups is 1. The number of aryl methyl sites for hydroxylation is 2. The predicted molar refractivity (Wildman–Crippen MR) is 93.3 cm³/mol. The van der Waals surface area contributed by atoms with Gasteiger partial charge in [0.25, 0.3) is 0 Å². The topological polar surface area (TPSA) is 49.3 Å². The number of thioether (sulfide) groups is 1. The fourth-order valence-corrected chi connectivity index (χ4v) is 3.28. The van der Waals surface area contributed by atoms with Crippen LogP contribution >= 0.6 is 11.8 Å². The van der Waals surface area contributed by atoms with Crippen LogP contribution < -0.4 is 5.32 Å². The summed E-state index contributed by atoms with van der Waals surface area (Å²) < 4.78 is 0. The molecule has 0 fully saturated rings. The summed E-state index contributed by atoms with van der Waals surface area (Å²) in [6.45, 7) is 4.08. The van der Waals surface area contributed by atoms with Gasteiger partial charge in [0.2, 0.25) is 5.91 Å². The van der Waals surface area contributed by atoms with Crippen LogP contribution in [0.5, 0.6) is 0 Å². The van der Waals surface area contributed by atoms with Gasteiger partial charge in [0.05, 0.1) is 6.61 Å². The third-order valence-electron chi connectivity index (χ3n) is 3.21. The highest BCUT2D eigenvalue weighted by molar-refractivity contribution is 8.00. The second-order valence-electron chi connectivity index (χ2n) is 5.25. The Balaban J connectivity index is 2.18. The van der Waals surface area contributed by atoms with Crippen molar-refractivity contribution in [1.82, 2.24) is 0 Å². The number of hydrogen-bond acceptors (Lipinski definition) is 3. The molecule has 1 atom stereocenters. The van der Waals surface area contributed by atoms with Crippen molar-refractivity contribution in [1.29, 1.82) is 0 Å². The molecule has 2 rings (SSSR count). The lowest BCUT2D eigenvalue weighted by Crippen LogP contribution is -2.19. The summed E-state index contributed by atoms with van der Waals surface area (Å²) in [5, 5.41) is 11.7. The fraction of sp³-hybridized carbons (Fsp3) is 0.278. The average molecular weight is 315 g/mol. The molecule has 0 aromatic heterocycles. The second-order valence-corrected chi connectivity index (χ2v) is 6.46. The molecule has 3 nitrogen and oxygen atoms in total. The lowest BCUT2D eigenvalue weighted by atomic mass is 10.1. The molecule has 0 saturated carbocycles. The zero-order valence-electron chi connectivity index (χ0n) is 12.9. The number of carbonyl (C=O) groups is 1. The number of rotatable bonds is 6. The van der Waals surface area contributed by atoms with E-state index in [9.17, 15) is 4.79 Å². The minimum atomic E-state index is -0.325. The van der Waals surface area contributed by atoms with Gasteiger partial charge in [0.15, 0.2) is 0 Å². The van der Waals surface area contributed by atoms with Crippen molar-refractivity contribution < 1.29 is 9.90 Å². The first-order valence-electron chi connectivity index (χ1n) is 7.26. The Kier molecular flexibility index (Phi) is 6.04. The molecule has 0 aliphatic heterocycles. The molecule has 0 heterocycles. The van der Waals surface area contributed by atoms with Crippen LogP contribution in [0.2, 0.25) is 0 Å². The molecular weight excluding hydrogens is 294 g/mol. The smallest absolute Gasteiger partial charge is 0.241 e. The molecule has 0 spiro atoms. The van der Waals surface area contributed by atoms with E-state index in [-0.39, 0.29) is 17.8 Å². The molecule has 0 bridgehead atoms. The SMILES string of the molecule is Cc1cc(C)cc(NC(=O)C(SCCO)c2ccccc2)c1. The van der Waals surface area contributed by atoms with Gasteiger partial charge >= 0.3 is 0 Å². The van der Waals surface area contributed by atoms with E-state index in [0.29, 0.717) is 5.75 Å². The molecule has 1 unspecified atom stereocenters. The number of carbonyl (C=O) groups excluding carboxylic acids is 1. The van der Waals surface area contributed by atoms with Crippen LogP contribution in [-0.2, 0) is 4.79 Å². The van der Waals surface area contributed by atoms with E-state index in [1.165, 1.54) is 11.8 Å². The molecule has 0 radical (unpaired) electrons. The highest BCUT2D eigenvalue weighted by Gasteiger charge is 2.21. The predicted octanol–water partition coefficient (Wildman–Crippen LogP) is 3.71. The minimum Gasteiger partial charge on any atom is -0.396 e. The highest BCUT2D eigenvalue weighted by atomic mass is 32.2. The van der Waals surface area contributed by atoms with E-state index < -0.39 is 0 Å². The van der Waals surface area contributed by atoms with Gasteiger partial charge in [0, 0.05) is 11.4 Å². The van der Waals surface area contributed by atoms with E-state index in [2.05, 4.69) is 11.4 Å². The van der Waals surface area contributed by atoms with Crippen LogP contribution in [-0.4, -0.2) is 23.4 Å². The van der Waals surface area contributed by atoms with Crippen molar-refractivity contribution in [3.63, 3.8) is 0 Å². The quantitative estimate of drug-likeness (QED) is 0.854. The van der Waals surface area contributed by atoms with Gasteiger partial charge in [0.1, 0.15) is 5.25 Å². The molecule has 0 saturated heterocycles. The summed E-state index contributed by atoms with van der Waals surface area (Å²) in [6.07, 6.45) is 0. The molecule has 0 aliphatic carbocycles. The second kappa shape index (κ2) is 8.01. The number of aliphatic hydroxyl groups excluding tert-OH is 1. The van der Waals surface area contributed by atoms with E-state index >= 15 is 0 Å². The third kappa shape index (κ3) is 4.61. The Labute approximate surface area is 135 Å². The van der Waals surface area contributed by atoms with Gasteiger partial charge in [-0.2, -0.15) is 0 Å². The maximum absolute atomic E-state index is 12.6. The van der Waals surface area contributed by atoms with E-state index in [4.69, 9.17) is 5.11 Å². The van der Waals surface area contributed by atoms with Gasteiger partial charge in [-0.25, -0.2) is 0 Å². The Morgan fingerprint density at radius 3 is 2.36 bits per heavy atom. The van der Waals surface area contributed by atoms with E-state index in [0.717, 1.165) is 22.4 Å². The Hall–Kier alpha value is -1.78. The maximum atomic E-state index is 12.6. The summed E-state index contributed by atoms with van der Waals surface area (Å²) in [5.41, 5.74) is 4.00.